The summed E-state index contributed by atoms with van der Waals surface area (Å²) in [6.07, 6.45) is 2.33. The van der Waals surface area contributed by atoms with Crippen molar-refractivity contribution in [1.82, 2.24) is 9.88 Å². The van der Waals surface area contributed by atoms with Gasteiger partial charge in [-0.3, -0.25) is 4.79 Å². The summed E-state index contributed by atoms with van der Waals surface area (Å²) in [5.74, 6) is 0.206. The van der Waals surface area contributed by atoms with Crippen molar-refractivity contribution in [2.75, 3.05) is 13.2 Å². The van der Waals surface area contributed by atoms with Gasteiger partial charge in [0.25, 0.3) is 0 Å². The standard InChI is InChI=1S/C31H42N2O4Si/c1-23(24-12-14-26(15-13-24)28-16-17-29(34)32-22-28)33(30(35)36)20-18-27(25-10-8-7-9-11-25)19-21-37-38(5,6)31(2,3)4/h7-17,22-23,27H,18-21H2,1-6H3,(H,32,34)(H,35,36)/t23-,27+/m0/s1. The van der Waals surface area contributed by atoms with Crippen molar-refractivity contribution >= 4 is 14.4 Å². The number of hydrogen-bond donors (Lipinski definition) is 2. The number of rotatable bonds is 11. The fourth-order valence-corrected chi connectivity index (χ4v) is 5.41. The lowest BCUT2D eigenvalue weighted by Gasteiger charge is -2.36. The van der Waals surface area contributed by atoms with E-state index in [1.165, 1.54) is 16.5 Å². The average molecular weight is 535 g/mol. The number of carbonyl (C=O) groups is 1. The molecule has 1 amide bonds. The van der Waals surface area contributed by atoms with E-state index in [-0.39, 0.29) is 22.6 Å². The second-order valence-corrected chi connectivity index (χ2v) is 16.3. The van der Waals surface area contributed by atoms with Crippen LogP contribution in [0.3, 0.4) is 0 Å². The summed E-state index contributed by atoms with van der Waals surface area (Å²) in [6, 6.07) is 21.2. The van der Waals surface area contributed by atoms with E-state index in [0.29, 0.717) is 13.2 Å². The molecule has 0 saturated heterocycles. The first-order valence-corrected chi connectivity index (χ1v) is 16.3. The maximum absolute atomic E-state index is 12.3. The molecular formula is C31H42N2O4Si. The predicted octanol–water partition coefficient (Wildman–Crippen LogP) is 7.67. The Morgan fingerprint density at radius 3 is 2.13 bits per heavy atom. The van der Waals surface area contributed by atoms with Crippen LogP contribution in [0, 0.1) is 0 Å². The van der Waals surface area contributed by atoms with Crippen LogP contribution in [-0.2, 0) is 4.43 Å². The van der Waals surface area contributed by atoms with Crippen molar-refractivity contribution in [2.45, 2.75) is 70.6 Å². The van der Waals surface area contributed by atoms with Crippen LogP contribution in [0.25, 0.3) is 11.1 Å². The molecule has 0 aliphatic rings. The molecule has 0 bridgehead atoms. The molecule has 38 heavy (non-hydrogen) atoms. The fourth-order valence-electron chi connectivity index (χ4n) is 4.35. The number of aromatic amines is 1. The number of aromatic nitrogens is 1. The third kappa shape index (κ3) is 7.68. The molecule has 0 saturated carbocycles. The molecule has 0 aliphatic heterocycles. The molecule has 2 N–H and O–H groups in total. The Morgan fingerprint density at radius 1 is 0.947 bits per heavy atom. The van der Waals surface area contributed by atoms with Crippen LogP contribution in [-0.4, -0.2) is 42.6 Å². The minimum absolute atomic E-state index is 0.142. The highest BCUT2D eigenvalue weighted by Gasteiger charge is 2.37. The van der Waals surface area contributed by atoms with Gasteiger partial charge in [-0.25, -0.2) is 4.79 Å². The van der Waals surface area contributed by atoms with Gasteiger partial charge < -0.3 is 19.4 Å². The zero-order valence-electron chi connectivity index (χ0n) is 23.5. The van der Waals surface area contributed by atoms with Crippen LogP contribution in [0.5, 0.6) is 0 Å². The van der Waals surface area contributed by atoms with Gasteiger partial charge >= 0.3 is 6.09 Å². The molecule has 1 heterocycles. The molecule has 0 aliphatic carbocycles. The van der Waals surface area contributed by atoms with Gasteiger partial charge in [0.1, 0.15) is 0 Å². The maximum Gasteiger partial charge on any atom is 0.407 e. The first-order valence-electron chi connectivity index (χ1n) is 13.4. The summed E-state index contributed by atoms with van der Waals surface area (Å²) in [5.41, 5.74) is 3.87. The lowest BCUT2D eigenvalue weighted by molar-refractivity contribution is 0.125. The zero-order valence-corrected chi connectivity index (χ0v) is 24.5. The number of nitrogens with zero attached hydrogens (tertiary/aromatic N) is 1. The summed E-state index contributed by atoms with van der Waals surface area (Å²) in [5, 5.41) is 10.2. The van der Waals surface area contributed by atoms with E-state index in [1.807, 2.05) is 49.4 Å². The quantitative estimate of drug-likeness (QED) is 0.247. The van der Waals surface area contributed by atoms with Crippen LogP contribution in [0.4, 0.5) is 4.79 Å². The third-order valence-corrected chi connectivity index (χ3v) is 12.5. The van der Waals surface area contributed by atoms with Gasteiger partial charge in [0.2, 0.25) is 5.56 Å². The first-order chi connectivity index (χ1) is 17.9. The van der Waals surface area contributed by atoms with Crippen LogP contribution in [0.15, 0.2) is 77.7 Å². The summed E-state index contributed by atoms with van der Waals surface area (Å²) >= 11 is 0. The summed E-state index contributed by atoms with van der Waals surface area (Å²) in [4.78, 5) is 27.9. The van der Waals surface area contributed by atoms with E-state index in [2.05, 4.69) is 51.0 Å². The summed E-state index contributed by atoms with van der Waals surface area (Å²) < 4.78 is 6.46. The number of hydrogen-bond acceptors (Lipinski definition) is 3. The number of carboxylic acid groups (broad SMARTS) is 1. The number of H-pyrrole nitrogens is 1. The molecule has 204 valence electrons. The van der Waals surface area contributed by atoms with Crippen LogP contribution < -0.4 is 5.56 Å². The van der Waals surface area contributed by atoms with Gasteiger partial charge in [0.05, 0.1) is 6.04 Å². The fraction of sp³-hybridized carbons (Fsp3) is 0.419. The van der Waals surface area contributed by atoms with Crippen LogP contribution >= 0.6 is 0 Å². The normalized spacial score (nSPS) is 13.6. The van der Waals surface area contributed by atoms with Crippen molar-refractivity contribution in [3.8, 4) is 11.1 Å². The van der Waals surface area contributed by atoms with Gasteiger partial charge in [-0.15, -0.1) is 0 Å². The highest BCUT2D eigenvalue weighted by atomic mass is 28.4. The van der Waals surface area contributed by atoms with E-state index < -0.39 is 14.4 Å². The molecule has 0 spiro atoms. The highest BCUT2D eigenvalue weighted by Crippen LogP contribution is 2.37. The van der Waals surface area contributed by atoms with Crippen molar-refractivity contribution in [1.29, 1.82) is 0 Å². The van der Waals surface area contributed by atoms with E-state index >= 15 is 0 Å². The predicted molar refractivity (Wildman–Crippen MR) is 157 cm³/mol. The van der Waals surface area contributed by atoms with Gasteiger partial charge in [-0.05, 0) is 72.1 Å². The number of pyridine rings is 1. The average Bonchev–Trinajstić information content (AvgIpc) is 2.88. The van der Waals surface area contributed by atoms with Gasteiger partial charge in [-0.1, -0.05) is 75.4 Å². The number of amides is 1. The number of benzene rings is 2. The molecule has 0 unspecified atom stereocenters. The topological polar surface area (TPSA) is 82.6 Å². The Kier molecular flexibility index (Phi) is 9.74. The second kappa shape index (κ2) is 12.6. The molecule has 6 nitrogen and oxygen atoms in total. The molecule has 0 fully saturated rings. The highest BCUT2D eigenvalue weighted by molar-refractivity contribution is 6.74. The maximum atomic E-state index is 12.3. The SMILES string of the molecule is C[C@@H](c1ccc(-c2ccc(=O)[nH]c2)cc1)N(CC[C@H](CCO[Si](C)(C)C(C)(C)C)c1ccccc1)C(=O)O. The van der Waals surface area contributed by atoms with Gasteiger partial charge in [-0.2, -0.15) is 0 Å². The Labute approximate surface area is 227 Å². The lowest BCUT2D eigenvalue weighted by Crippen LogP contribution is -2.41. The Morgan fingerprint density at radius 2 is 1.58 bits per heavy atom. The molecule has 3 aromatic rings. The molecule has 3 rings (SSSR count). The Balaban J connectivity index is 1.71. The first kappa shape index (κ1) is 29.4. The molecule has 2 aromatic carbocycles. The van der Waals surface area contributed by atoms with E-state index in [9.17, 15) is 14.7 Å². The monoisotopic (exact) mass is 534 g/mol. The van der Waals surface area contributed by atoms with Crippen LogP contribution in [0.1, 0.15) is 63.6 Å². The molecule has 2 atom stereocenters. The van der Waals surface area contributed by atoms with E-state index in [1.54, 1.807) is 12.3 Å². The van der Waals surface area contributed by atoms with Crippen molar-refractivity contribution in [3.63, 3.8) is 0 Å². The number of nitrogens with one attached hydrogen (secondary N) is 1. The minimum atomic E-state index is -1.85. The zero-order chi connectivity index (χ0) is 27.9. The van der Waals surface area contributed by atoms with E-state index in [0.717, 1.165) is 29.5 Å². The minimum Gasteiger partial charge on any atom is -0.465 e. The molecule has 1 aromatic heterocycles. The van der Waals surface area contributed by atoms with Crippen molar-refractivity contribution in [3.05, 3.63) is 94.4 Å². The smallest absolute Gasteiger partial charge is 0.407 e. The van der Waals surface area contributed by atoms with Crippen molar-refractivity contribution in [2.24, 2.45) is 0 Å². The molecular weight excluding hydrogens is 492 g/mol. The summed E-state index contributed by atoms with van der Waals surface area (Å²) in [6.45, 7) is 14.3. The Bertz CT molecular complexity index is 1210. The van der Waals surface area contributed by atoms with E-state index in [4.69, 9.17) is 4.43 Å². The largest absolute Gasteiger partial charge is 0.465 e. The third-order valence-electron chi connectivity index (χ3n) is 7.95. The Hall–Kier alpha value is -3.16. The van der Waals surface area contributed by atoms with Gasteiger partial charge in [0.15, 0.2) is 8.32 Å². The lowest BCUT2D eigenvalue weighted by atomic mass is 9.92. The molecule has 7 heteroatoms. The molecule has 0 radical (unpaired) electrons. The van der Waals surface area contributed by atoms with Gasteiger partial charge in [0, 0.05) is 25.4 Å². The summed E-state index contributed by atoms with van der Waals surface area (Å²) in [7, 11) is -1.85. The second-order valence-electron chi connectivity index (χ2n) is 11.5. The van der Waals surface area contributed by atoms with Crippen LogP contribution in [0.2, 0.25) is 18.1 Å². The van der Waals surface area contributed by atoms with Crippen molar-refractivity contribution < 1.29 is 14.3 Å².